The highest BCUT2D eigenvalue weighted by atomic mass is 16.1. The summed E-state index contributed by atoms with van der Waals surface area (Å²) in [6.07, 6.45) is 3.41. The summed E-state index contributed by atoms with van der Waals surface area (Å²) in [7, 11) is 0. The molecule has 2 N–H and O–H groups in total. The number of carbonyl (C=O) groups excluding carboxylic acids is 1. The largest absolute Gasteiger partial charge is 0.347 e. The zero-order chi connectivity index (χ0) is 14.7. The summed E-state index contributed by atoms with van der Waals surface area (Å²) >= 11 is 0. The molecular formula is C14H18N6O. The number of hydrogen-bond donors (Lipinski definition) is 2. The number of nitrogens with zero attached hydrogens (tertiary/aromatic N) is 4. The molecule has 1 aliphatic rings. The average Bonchev–Trinajstić information content (AvgIpc) is 3.02. The molecular weight excluding hydrogens is 268 g/mol. The smallest absolute Gasteiger partial charge is 0.251 e. The second kappa shape index (κ2) is 5.61. The van der Waals surface area contributed by atoms with Crippen LogP contribution in [-0.2, 0) is 0 Å². The fraction of sp³-hybridized carbons (Fsp3) is 0.429. The molecule has 0 unspecified atom stereocenters. The fourth-order valence-electron chi connectivity index (χ4n) is 2.49. The Hall–Kier alpha value is -2.28. The minimum Gasteiger partial charge on any atom is -0.347 e. The molecule has 1 fully saturated rings. The molecule has 0 aliphatic carbocycles. The summed E-state index contributed by atoms with van der Waals surface area (Å²) in [6.45, 7) is 3.98. The van der Waals surface area contributed by atoms with Crippen molar-refractivity contribution < 1.29 is 4.79 Å². The maximum absolute atomic E-state index is 12.3. The van der Waals surface area contributed by atoms with E-state index >= 15 is 0 Å². The number of aromatic nitrogens is 4. The minimum absolute atomic E-state index is 0.0392. The Bertz CT molecular complexity index is 601. The molecule has 1 aromatic carbocycles. The average molecular weight is 286 g/mol. The van der Waals surface area contributed by atoms with Crippen molar-refractivity contribution in [2.75, 3.05) is 13.1 Å². The molecule has 110 valence electrons. The van der Waals surface area contributed by atoms with Crippen LogP contribution in [0.25, 0.3) is 5.69 Å². The van der Waals surface area contributed by atoms with Gasteiger partial charge >= 0.3 is 0 Å². The summed E-state index contributed by atoms with van der Waals surface area (Å²) in [5.41, 5.74) is 1.34. The van der Waals surface area contributed by atoms with Crippen LogP contribution in [0.3, 0.4) is 0 Å². The predicted molar refractivity (Wildman–Crippen MR) is 77.1 cm³/mol. The van der Waals surface area contributed by atoms with Crippen LogP contribution < -0.4 is 10.6 Å². The summed E-state index contributed by atoms with van der Waals surface area (Å²) in [4.78, 5) is 12.3. The Morgan fingerprint density at radius 2 is 2.00 bits per heavy atom. The maximum Gasteiger partial charge on any atom is 0.251 e. The Kier molecular flexibility index (Phi) is 3.66. The molecule has 1 amide bonds. The van der Waals surface area contributed by atoms with E-state index in [9.17, 15) is 4.79 Å². The number of benzene rings is 1. The van der Waals surface area contributed by atoms with Crippen molar-refractivity contribution in [2.24, 2.45) is 0 Å². The van der Waals surface area contributed by atoms with Crippen molar-refractivity contribution in [2.45, 2.75) is 25.3 Å². The van der Waals surface area contributed by atoms with Gasteiger partial charge in [-0.2, -0.15) is 0 Å². The lowest BCUT2D eigenvalue weighted by atomic mass is 9.90. The van der Waals surface area contributed by atoms with Crippen molar-refractivity contribution >= 4 is 5.91 Å². The highest BCUT2D eigenvalue weighted by Crippen LogP contribution is 2.18. The molecule has 0 radical (unpaired) electrons. The number of hydrogen-bond acceptors (Lipinski definition) is 5. The lowest BCUT2D eigenvalue weighted by Crippen LogP contribution is -2.52. The molecule has 2 heterocycles. The van der Waals surface area contributed by atoms with Crippen molar-refractivity contribution in [1.82, 2.24) is 30.8 Å². The van der Waals surface area contributed by atoms with Crippen LogP contribution in [0.2, 0.25) is 0 Å². The molecule has 0 atom stereocenters. The Balaban J connectivity index is 1.70. The summed E-state index contributed by atoms with van der Waals surface area (Å²) in [5, 5.41) is 17.4. The molecule has 1 aromatic heterocycles. The van der Waals surface area contributed by atoms with Crippen molar-refractivity contribution in [1.29, 1.82) is 0 Å². The fourth-order valence-corrected chi connectivity index (χ4v) is 2.49. The predicted octanol–water partition coefficient (Wildman–Crippen LogP) is 0.534. The second-order valence-corrected chi connectivity index (χ2v) is 5.57. The van der Waals surface area contributed by atoms with Gasteiger partial charge in [-0.25, -0.2) is 4.68 Å². The van der Waals surface area contributed by atoms with Crippen LogP contribution in [0.4, 0.5) is 0 Å². The van der Waals surface area contributed by atoms with E-state index < -0.39 is 0 Å². The Morgan fingerprint density at radius 1 is 1.29 bits per heavy atom. The lowest BCUT2D eigenvalue weighted by Gasteiger charge is -2.35. The van der Waals surface area contributed by atoms with Crippen LogP contribution in [0.1, 0.15) is 30.1 Å². The summed E-state index contributed by atoms with van der Waals surface area (Å²) in [5.74, 6) is -0.0392. The SMILES string of the molecule is CC1(NC(=O)c2ccc(-n3cnnn3)cc2)CCNCC1. The first-order chi connectivity index (χ1) is 10.2. The molecule has 3 rings (SSSR count). The van der Waals surface area contributed by atoms with Crippen LogP contribution in [0.5, 0.6) is 0 Å². The standard InChI is InChI=1S/C14H18N6O/c1-14(6-8-15-9-7-14)17-13(21)11-2-4-12(5-3-11)20-10-16-18-19-20/h2-5,10,15H,6-9H2,1H3,(H,17,21). The van der Waals surface area contributed by atoms with E-state index in [0.717, 1.165) is 31.6 Å². The maximum atomic E-state index is 12.3. The third kappa shape index (κ3) is 3.08. The van der Waals surface area contributed by atoms with E-state index in [1.54, 1.807) is 16.8 Å². The monoisotopic (exact) mass is 286 g/mol. The van der Waals surface area contributed by atoms with E-state index in [0.29, 0.717) is 5.56 Å². The Morgan fingerprint density at radius 3 is 2.62 bits per heavy atom. The zero-order valence-electron chi connectivity index (χ0n) is 11.9. The van der Waals surface area contributed by atoms with E-state index in [1.807, 2.05) is 12.1 Å². The number of piperidine rings is 1. The zero-order valence-corrected chi connectivity index (χ0v) is 11.9. The van der Waals surface area contributed by atoms with Crippen molar-refractivity contribution in [3.63, 3.8) is 0 Å². The van der Waals surface area contributed by atoms with Gasteiger partial charge in [0, 0.05) is 11.1 Å². The van der Waals surface area contributed by atoms with Gasteiger partial charge in [0.15, 0.2) is 0 Å². The van der Waals surface area contributed by atoms with Crippen LogP contribution >= 0.6 is 0 Å². The summed E-state index contributed by atoms with van der Waals surface area (Å²) in [6, 6.07) is 7.24. The van der Waals surface area contributed by atoms with Gasteiger partial charge < -0.3 is 10.6 Å². The lowest BCUT2D eigenvalue weighted by molar-refractivity contribution is 0.0887. The van der Waals surface area contributed by atoms with Crippen molar-refractivity contribution in [3.05, 3.63) is 36.2 Å². The van der Waals surface area contributed by atoms with Gasteiger partial charge in [0.05, 0.1) is 5.69 Å². The molecule has 0 bridgehead atoms. The quantitative estimate of drug-likeness (QED) is 0.860. The van der Waals surface area contributed by atoms with Gasteiger partial charge in [-0.3, -0.25) is 4.79 Å². The van der Waals surface area contributed by atoms with Crippen LogP contribution in [0.15, 0.2) is 30.6 Å². The first kappa shape index (κ1) is 13.7. The molecule has 1 aliphatic heterocycles. The van der Waals surface area contributed by atoms with E-state index in [2.05, 4.69) is 33.1 Å². The van der Waals surface area contributed by atoms with Gasteiger partial charge in [0.2, 0.25) is 0 Å². The molecule has 1 saturated heterocycles. The molecule has 21 heavy (non-hydrogen) atoms. The number of amides is 1. The van der Waals surface area contributed by atoms with E-state index in [4.69, 9.17) is 0 Å². The van der Waals surface area contributed by atoms with Crippen molar-refractivity contribution in [3.8, 4) is 5.69 Å². The number of rotatable bonds is 3. The van der Waals surface area contributed by atoms with Gasteiger partial charge in [-0.05, 0) is 67.5 Å². The highest BCUT2D eigenvalue weighted by molar-refractivity contribution is 5.94. The molecule has 7 heteroatoms. The first-order valence-corrected chi connectivity index (χ1v) is 7.03. The number of carbonyl (C=O) groups is 1. The number of tetrazole rings is 1. The third-order valence-corrected chi connectivity index (χ3v) is 3.87. The van der Waals surface area contributed by atoms with Gasteiger partial charge in [-0.15, -0.1) is 5.10 Å². The van der Waals surface area contributed by atoms with E-state index in [1.165, 1.54) is 6.33 Å². The highest BCUT2D eigenvalue weighted by Gasteiger charge is 2.28. The third-order valence-electron chi connectivity index (χ3n) is 3.87. The molecule has 0 spiro atoms. The normalized spacial score (nSPS) is 17.4. The first-order valence-electron chi connectivity index (χ1n) is 7.03. The van der Waals surface area contributed by atoms with Gasteiger partial charge in [0.1, 0.15) is 6.33 Å². The number of nitrogens with one attached hydrogen (secondary N) is 2. The molecule has 0 saturated carbocycles. The Labute approximate surface area is 122 Å². The van der Waals surface area contributed by atoms with Gasteiger partial charge in [-0.1, -0.05) is 0 Å². The van der Waals surface area contributed by atoms with Crippen LogP contribution in [-0.4, -0.2) is 44.7 Å². The molecule has 7 nitrogen and oxygen atoms in total. The summed E-state index contributed by atoms with van der Waals surface area (Å²) < 4.78 is 1.55. The second-order valence-electron chi connectivity index (χ2n) is 5.57. The van der Waals surface area contributed by atoms with Gasteiger partial charge in [0.25, 0.3) is 5.91 Å². The molecule has 2 aromatic rings. The minimum atomic E-state index is -0.128. The van der Waals surface area contributed by atoms with E-state index in [-0.39, 0.29) is 11.4 Å². The van der Waals surface area contributed by atoms with Crippen LogP contribution in [0, 0.1) is 0 Å². The topological polar surface area (TPSA) is 84.7 Å².